The Morgan fingerprint density at radius 2 is 1.74 bits per heavy atom. The Kier molecular flexibility index (Phi) is 7.21. The fourth-order valence-electron chi connectivity index (χ4n) is 3.50. The maximum Gasteiger partial charge on any atom is 0.273 e. The van der Waals surface area contributed by atoms with Gasteiger partial charge in [0.25, 0.3) is 11.5 Å². The van der Waals surface area contributed by atoms with E-state index in [1.807, 2.05) is 85.8 Å². The number of benzene rings is 3. The molecule has 0 aliphatic rings. The van der Waals surface area contributed by atoms with Crippen LogP contribution in [0, 0.1) is 11.3 Å². The number of hydrogen-bond acceptors (Lipinski definition) is 4. The second kappa shape index (κ2) is 10.5. The van der Waals surface area contributed by atoms with Gasteiger partial charge in [-0.25, -0.2) is 0 Å². The minimum absolute atomic E-state index is 0.109. The van der Waals surface area contributed by atoms with Crippen molar-refractivity contribution in [2.45, 2.75) is 13.0 Å². The molecule has 0 bridgehead atoms. The van der Waals surface area contributed by atoms with Crippen LogP contribution in [0.25, 0.3) is 17.3 Å². The summed E-state index contributed by atoms with van der Waals surface area (Å²) in [5.74, 6) is -0.529. The van der Waals surface area contributed by atoms with E-state index >= 15 is 0 Å². The number of halogens is 1. The van der Waals surface area contributed by atoms with E-state index in [0.29, 0.717) is 10.2 Å². The summed E-state index contributed by atoms with van der Waals surface area (Å²) in [5.41, 5.74) is 1.94. The first-order valence-electron chi connectivity index (χ1n) is 10.5. The Labute approximate surface area is 209 Å². The molecule has 168 valence electrons. The minimum Gasteiger partial charge on any atom is -0.345 e. The van der Waals surface area contributed by atoms with Crippen molar-refractivity contribution < 1.29 is 4.79 Å². The SMILES string of the molecule is C[C@@H](NC(=O)/C(C#N)=c1\s/c(=C/c2cccc(Br)c2)c(=O)n1-c1ccccc1)c1ccccc1. The normalized spacial score (nSPS) is 13.1. The third-order valence-corrected chi connectivity index (χ3v) is 6.77. The Balaban J connectivity index is 1.90. The second-order valence-electron chi connectivity index (χ2n) is 7.54. The average molecular weight is 530 g/mol. The lowest BCUT2D eigenvalue weighted by molar-refractivity contribution is -0.116. The lowest BCUT2D eigenvalue weighted by Gasteiger charge is -2.13. The maximum absolute atomic E-state index is 13.4. The number of amides is 1. The second-order valence-corrected chi connectivity index (χ2v) is 9.49. The topological polar surface area (TPSA) is 74.9 Å². The number of carbonyl (C=O) groups excluding carboxylic acids is 1. The zero-order valence-electron chi connectivity index (χ0n) is 18.2. The number of thiazole rings is 1. The largest absolute Gasteiger partial charge is 0.345 e. The van der Waals surface area contributed by atoms with Crippen LogP contribution in [-0.4, -0.2) is 10.5 Å². The van der Waals surface area contributed by atoms with Gasteiger partial charge in [-0.3, -0.25) is 14.2 Å². The quantitative estimate of drug-likeness (QED) is 0.423. The number of aromatic nitrogens is 1. The van der Waals surface area contributed by atoms with Crippen LogP contribution in [0.15, 0.2) is 94.2 Å². The number of hydrogen-bond donors (Lipinski definition) is 1. The van der Waals surface area contributed by atoms with Gasteiger partial charge in [-0.15, -0.1) is 11.3 Å². The molecule has 0 saturated carbocycles. The van der Waals surface area contributed by atoms with E-state index in [4.69, 9.17) is 0 Å². The fourth-order valence-corrected chi connectivity index (χ4v) is 5.02. The highest BCUT2D eigenvalue weighted by atomic mass is 79.9. The van der Waals surface area contributed by atoms with Crippen molar-refractivity contribution in [3.8, 4) is 11.8 Å². The molecular weight excluding hydrogens is 510 g/mol. The van der Waals surface area contributed by atoms with Gasteiger partial charge in [0.1, 0.15) is 10.7 Å². The van der Waals surface area contributed by atoms with Gasteiger partial charge in [0.2, 0.25) is 0 Å². The van der Waals surface area contributed by atoms with Crippen LogP contribution >= 0.6 is 27.3 Å². The predicted molar refractivity (Wildman–Crippen MR) is 139 cm³/mol. The highest BCUT2D eigenvalue weighted by molar-refractivity contribution is 9.10. The molecule has 3 aromatic carbocycles. The molecule has 0 saturated heterocycles. The molecule has 0 radical (unpaired) electrons. The Morgan fingerprint density at radius 1 is 1.06 bits per heavy atom. The molecule has 1 amide bonds. The summed E-state index contributed by atoms with van der Waals surface area (Å²) in [6.07, 6.45) is 1.76. The standard InChI is InChI=1S/C27H20BrN3O2S/c1-18(20-10-4-2-5-11-20)30-25(32)23(17-29)27-31(22-13-6-3-7-14-22)26(33)24(34-27)16-19-9-8-12-21(28)15-19/h2-16,18H,1H3,(H,30,32)/b24-16+,27-23-/t18-/m1/s1. The molecular formula is C27H20BrN3O2S. The van der Waals surface area contributed by atoms with Gasteiger partial charge in [-0.05, 0) is 48.4 Å². The molecule has 0 aliphatic carbocycles. The van der Waals surface area contributed by atoms with Crippen LogP contribution in [0.1, 0.15) is 24.1 Å². The van der Waals surface area contributed by atoms with Crippen LogP contribution in [-0.2, 0) is 4.79 Å². The fraction of sp³-hybridized carbons (Fsp3) is 0.0741. The average Bonchev–Trinajstić information content (AvgIpc) is 3.16. The monoisotopic (exact) mass is 529 g/mol. The van der Waals surface area contributed by atoms with Gasteiger partial charge in [0.05, 0.1) is 16.3 Å². The first-order chi connectivity index (χ1) is 16.5. The summed E-state index contributed by atoms with van der Waals surface area (Å²) in [4.78, 5) is 26.6. The molecule has 0 unspecified atom stereocenters. The number of nitrogens with zero attached hydrogens (tertiary/aromatic N) is 2. The Bertz CT molecular complexity index is 1550. The van der Waals surface area contributed by atoms with E-state index in [-0.39, 0.29) is 21.8 Å². The van der Waals surface area contributed by atoms with E-state index in [1.54, 1.807) is 18.2 Å². The maximum atomic E-state index is 13.4. The van der Waals surface area contributed by atoms with Gasteiger partial charge in [0, 0.05) is 4.47 Å². The van der Waals surface area contributed by atoms with E-state index < -0.39 is 5.91 Å². The van der Waals surface area contributed by atoms with Gasteiger partial charge < -0.3 is 5.32 Å². The van der Waals surface area contributed by atoms with E-state index in [1.165, 1.54) is 4.57 Å². The Hall–Kier alpha value is -3.73. The van der Waals surface area contributed by atoms with Crippen molar-refractivity contribution in [3.05, 3.63) is 120 Å². The lowest BCUT2D eigenvalue weighted by atomic mass is 10.1. The number of carbonyl (C=O) groups is 1. The summed E-state index contributed by atoms with van der Waals surface area (Å²) < 4.78 is 3.03. The molecule has 4 aromatic rings. The number of para-hydroxylation sites is 1. The molecule has 1 aromatic heterocycles. The van der Waals surface area contributed by atoms with E-state index in [9.17, 15) is 14.9 Å². The van der Waals surface area contributed by atoms with E-state index in [2.05, 4.69) is 21.2 Å². The van der Waals surface area contributed by atoms with Crippen molar-refractivity contribution in [1.29, 1.82) is 5.26 Å². The zero-order valence-corrected chi connectivity index (χ0v) is 20.6. The highest BCUT2D eigenvalue weighted by Gasteiger charge is 2.19. The summed E-state index contributed by atoms with van der Waals surface area (Å²) >= 11 is 4.57. The molecule has 1 N–H and O–H groups in total. The molecule has 1 heterocycles. The number of nitrogens with one attached hydrogen (secondary N) is 1. The van der Waals surface area contributed by atoms with Gasteiger partial charge in [-0.1, -0.05) is 76.6 Å². The first-order valence-corrected chi connectivity index (χ1v) is 12.1. The number of rotatable bonds is 5. The summed E-state index contributed by atoms with van der Waals surface area (Å²) in [6.45, 7) is 1.85. The lowest BCUT2D eigenvalue weighted by Crippen LogP contribution is -2.34. The molecule has 0 fully saturated rings. The van der Waals surface area contributed by atoms with Crippen LogP contribution < -0.4 is 20.1 Å². The van der Waals surface area contributed by atoms with Crippen LogP contribution in [0.2, 0.25) is 0 Å². The van der Waals surface area contributed by atoms with Crippen LogP contribution in [0.3, 0.4) is 0 Å². The van der Waals surface area contributed by atoms with Crippen molar-refractivity contribution in [2.75, 3.05) is 0 Å². The molecule has 0 aliphatic heterocycles. The van der Waals surface area contributed by atoms with Crippen molar-refractivity contribution >= 4 is 44.8 Å². The highest BCUT2D eigenvalue weighted by Crippen LogP contribution is 2.13. The summed E-state index contributed by atoms with van der Waals surface area (Å²) in [7, 11) is 0. The summed E-state index contributed by atoms with van der Waals surface area (Å²) in [5, 5.41) is 12.8. The molecule has 0 spiro atoms. The third-order valence-electron chi connectivity index (χ3n) is 5.18. The molecule has 34 heavy (non-hydrogen) atoms. The molecule has 4 rings (SSSR count). The van der Waals surface area contributed by atoms with Gasteiger partial charge in [-0.2, -0.15) is 5.26 Å². The third kappa shape index (κ3) is 5.09. The zero-order chi connectivity index (χ0) is 24.1. The predicted octanol–water partition coefficient (Wildman–Crippen LogP) is 4.04. The molecule has 1 atom stereocenters. The molecule has 7 heteroatoms. The summed E-state index contributed by atoms with van der Waals surface area (Å²) in [6, 6.07) is 27.8. The van der Waals surface area contributed by atoms with Crippen molar-refractivity contribution in [2.24, 2.45) is 0 Å². The molecule has 5 nitrogen and oxygen atoms in total. The number of nitriles is 1. The van der Waals surface area contributed by atoms with Crippen LogP contribution in [0.5, 0.6) is 0 Å². The Morgan fingerprint density at radius 3 is 2.38 bits per heavy atom. The van der Waals surface area contributed by atoms with Crippen LogP contribution in [0.4, 0.5) is 0 Å². The van der Waals surface area contributed by atoms with E-state index in [0.717, 1.165) is 26.9 Å². The smallest absolute Gasteiger partial charge is 0.273 e. The van der Waals surface area contributed by atoms with Gasteiger partial charge >= 0.3 is 0 Å². The van der Waals surface area contributed by atoms with Crippen molar-refractivity contribution in [3.63, 3.8) is 0 Å². The first kappa shape index (κ1) is 23.4. The van der Waals surface area contributed by atoms with Gasteiger partial charge in [0.15, 0.2) is 5.57 Å². The van der Waals surface area contributed by atoms with Crippen molar-refractivity contribution in [1.82, 2.24) is 9.88 Å². The minimum atomic E-state index is -0.529.